The molecule has 2 aromatic carbocycles. The summed E-state index contributed by atoms with van der Waals surface area (Å²) in [6.45, 7) is 2.54. The molecule has 0 spiro atoms. The van der Waals surface area contributed by atoms with Gasteiger partial charge in [0.1, 0.15) is 4.90 Å². The number of benzene rings is 2. The molecule has 2 rings (SSSR count). The van der Waals surface area contributed by atoms with E-state index >= 15 is 0 Å². The summed E-state index contributed by atoms with van der Waals surface area (Å²) < 4.78 is 30.5. The van der Waals surface area contributed by atoms with E-state index in [2.05, 4.69) is 6.92 Å². The summed E-state index contributed by atoms with van der Waals surface area (Å²) in [6, 6.07) is 12.9. The van der Waals surface area contributed by atoms with Crippen LogP contribution in [0.5, 0.6) is 0 Å². The van der Waals surface area contributed by atoms with Gasteiger partial charge in [-0.15, -0.1) is 0 Å². The molecule has 0 aliphatic carbocycles. The van der Waals surface area contributed by atoms with E-state index in [9.17, 15) is 8.42 Å². The van der Waals surface area contributed by atoms with Gasteiger partial charge in [0.2, 0.25) is 0 Å². The van der Waals surface area contributed by atoms with Crippen molar-refractivity contribution in [3.63, 3.8) is 0 Å². The van der Waals surface area contributed by atoms with Crippen molar-refractivity contribution in [1.29, 1.82) is 0 Å². The molecule has 0 aliphatic rings. The molecule has 35 heavy (non-hydrogen) atoms. The van der Waals surface area contributed by atoms with Gasteiger partial charge in [-0.2, -0.15) is 8.42 Å². The first-order chi connectivity index (χ1) is 16.1. The molecule has 0 aliphatic heterocycles. The molecule has 0 aromatic heterocycles. The number of unbranched alkanes of at least 4 members (excludes halogenated alkanes) is 16. The van der Waals surface area contributed by atoms with E-state index in [4.69, 9.17) is 4.18 Å². The average molecular weight is 541 g/mol. The van der Waals surface area contributed by atoms with Gasteiger partial charge in [0, 0.05) is 5.39 Å². The zero-order chi connectivity index (χ0) is 23.6. The van der Waals surface area contributed by atoms with Crippen LogP contribution in [0, 0.1) is 0 Å². The molecule has 3 nitrogen and oxygen atoms in total. The zero-order valence-corrected chi connectivity index (χ0v) is 21.7. The molecule has 0 atom stereocenters. The minimum absolute atomic E-state index is 0. The second-order valence-electron chi connectivity index (χ2n) is 9.41. The van der Waals surface area contributed by atoms with E-state index in [0.717, 1.165) is 30.0 Å². The van der Waals surface area contributed by atoms with Gasteiger partial charge >= 0.3 is 67.3 Å². The van der Waals surface area contributed by atoms with Gasteiger partial charge in [-0.3, -0.25) is 4.18 Å². The van der Waals surface area contributed by atoms with E-state index in [1.165, 1.54) is 89.9 Å². The van der Waals surface area contributed by atoms with E-state index in [1.54, 1.807) is 12.1 Å². The molecule has 6 heteroatoms. The van der Waals surface area contributed by atoms with Gasteiger partial charge in [0.05, 0.1) is 6.61 Å². The minimum atomic E-state index is -3.71. The molecule has 0 unspecified atom stereocenters. The van der Waals surface area contributed by atoms with Crippen molar-refractivity contribution < 1.29 is 12.6 Å². The summed E-state index contributed by atoms with van der Waals surface area (Å²) in [4.78, 5) is 0.271. The van der Waals surface area contributed by atoms with Crippen LogP contribution >= 0.6 is 0 Å². The normalized spacial score (nSPS) is 11.2. The van der Waals surface area contributed by atoms with Crippen LogP contribution in [-0.2, 0) is 14.3 Å². The molecule has 0 radical (unpaired) electrons. The monoisotopic (exact) mass is 540 g/mol. The molecular formula is C29H49CaNaO3S. The molecule has 0 fully saturated rings. The number of hydrogen-bond acceptors (Lipinski definition) is 3. The molecule has 2 aromatic rings. The van der Waals surface area contributed by atoms with Crippen molar-refractivity contribution in [2.75, 3.05) is 6.61 Å². The second-order valence-corrected chi connectivity index (χ2v) is 11.0. The van der Waals surface area contributed by atoms with Crippen LogP contribution in [0.25, 0.3) is 10.8 Å². The Hall–Kier alpha value is 0.870. The molecule has 0 amide bonds. The maximum atomic E-state index is 12.6. The number of hydrogen-bond donors (Lipinski definition) is 0. The van der Waals surface area contributed by atoms with Crippen LogP contribution in [0.2, 0.25) is 0 Å². The van der Waals surface area contributed by atoms with Crippen LogP contribution < -0.4 is 0 Å². The standard InChI is InChI=1S/C29H46O3S.Ca.Na.3H/c1-2-3-4-5-6-7-8-9-10-11-12-13-14-15-16-17-20-26-32-33(30,31)29-25-21-23-27-22-18-19-24-28(27)29;;;;;/h18-19,21-25H,2-17,20,26H2,1H3;;;;;. The summed E-state index contributed by atoms with van der Waals surface area (Å²) in [5, 5.41) is 1.64. The van der Waals surface area contributed by atoms with Crippen molar-refractivity contribution in [3.8, 4) is 0 Å². The second kappa shape index (κ2) is 22.8. The fourth-order valence-electron chi connectivity index (χ4n) is 4.47. The van der Waals surface area contributed by atoms with Crippen molar-refractivity contribution in [2.24, 2.45) is 0 Å². The van der Waals surface area contributed by atoms with E-state index in [1.807, 2.05) is 30.3 Å². The van der Waals surface area contributed by atoms with Gasteiger partial charge in [0.15, 0.2) is 0 Å². The Morgan fingerprint density at radius 2 is 1.03 bits per heavy atom. The Labute approximate surface area is 268 Å². The summed E-state index contributed by atoms with van der Waals surface area (Å²) in [7, 11) is -3.71. The third kappa shape index (κ3) is 15.8. The SMILES string of the molecule is CCCCCCCCCCCCCCCCCCCOS(=O)(=O)c1cccc2ccccc12.[CaH2].[NaH]. The molecule has 0 saturated heterocycles. The van der Waals surface area contributed by atoms with Crippen LogP contribution in [-0.4, -0.2) is 82.3 Å². The van der Waals surface area contributed by atoms with Gasteiger partial charge in [-0.25, -0.2) is 0 Å². The zero-order valence-electron chi connectivity index (χ0n) is 20.9. The predicted octanol–water partition coefficient (Wildman–Crippen LogP) is 7.63. The quantitative estimate of drug-likeness (QED) is 0.0985. The Morgan fingerprint density at radius 3 is 1.54 bits per heavy atom. The molecule has 0 bridgehead atoms. The summed E-state index contributed by atoms with van der Waals surface area (Å²) in [5.74, 6) is 0. The van der Waals surface area contributed by atoms with Gasteiger partial charge in [0.25, 0.3) is 10.1 Å². The fraction of sp³-hybridized carbons (Fsp3) is 0.655. The Morgan fingerprint density at radius 1 is 0.600 bits per heavy atom. The van der Waals surface area contributed by atoms with Crippen LogP contribution in [0.1, 0.15) is 116 Å². The van der Waals surface area contributed by atoms with Crippen molar-refractivity contribution in [2.45, 2.75) is 121 Å². The number of rotatable bonds is 20. The fourth-order valence-corrected chi connectivity index (χ4v) is 5.64. The summed E-state index contributed by atoms with van der Waals surface area (Å²) in [6.07, 6.45) is 22.3. The van der Waals surface area contributed by atoms with Crippen molar-refractivity contribution in [1.82, 2.24) is 0 Å². The summed E-state index contributed by atoms with van der Waals surface area (Å²) >= 11 is 0. The molecule has 0 saturated carbocycles. The van der Waals surface area contributed by atoms with Crippen LogP contribution in [0.4, 0.5) is 0 Å². The molecule has 0 N–H and O–H groups in total. The molecule has 192 valence electrons. The van der Waals surface area contributed by atoms with Gasteiger partial charge in [-0.1, -0.05) is 146 Å². The summed E-state index contributed by atoms with van der Waals surface area (Å²) in [5.41, 5.74) is 0. The van der Waals surface area contributed by atoms with Gasteiger partial charge < -0.3 is 0 Å². The maximum absolute atomic E-state index is 12.6. The predicted molar refractivity (Wildman–Crippen MR) is 157 cm³/mol. The first-order valence-corrected chi connectivity index (χ1v) is 14.9. The number of fused-ring (bicyclic) bond motifs is 1. The first-order valence-electron chi connectivity index (χ1n) is 13.5. The Kier molecular flexibility index (Phi) is 23.4. The third-order valence-corrected chi connectivity index (χ3v) is 7.88. The Balaban J connectivity index is 0.00000578. The van der Waals surface area contributed by atoms with Crippen molar-refractivity contribution in [3.05, 3.63) is 42.5 Å². The molecule has 0 heterocycles. The van der Waals surface area contributed by atoms with E-state index in [0.29, 0.717) is 0 Å². The van der Waals surface area contributed by atoms with Crippen LogP contribution in [0.15, 0.2) is 47.4 Å². The van der Waals surface area contributed by atoms with Crippen molar-refractivity contribution >= 4 is 88.2 Å². The molecular weight excluding hydrogens is 491 g/mol. The average Bonchev–Trinajstić information content (AvgIpc) is 2.83. The third-order valence-electron chi connectivity index (χ3n) is 6.51. The van der Waals surface area contributed by atoms with Gasteiger partial charge in [-0.05, 0) is 17.9 Å². The van der Waals surface area contributed by atoms with Crippen LogP contribution in [0.3, 0.4) is 0 Å². The van der Waals surface area contributed by atoms with E-state index in [-0.39, 0.29) is 78.8 Å². The first kappa shape index (κ1) is 35.9. The van der Waals surface area contributed by atoms with E-state index < -0.39 is 10.1 Å². The topological polar surface area (TPSA) is 43.4 Å². The Bertz CT molecular complexity index is 868.